The molecule has 0 saturated heterocycles. The van der Waals surface area contributed by atoms with E-state index in [0.29, 0.717) is 22.5 Å². The van der Waals surface area contributed by atoms with Gasteiger partial charge in [0.1, 0.15) is 10.7 Å². The Morgan fingerprint density at radius 1 is 1.00 bits per heavy atom. The Bertz CT molecular complexity index is 978. The van der Waals surface area contributed by atoms with Gasteiger partial charge in [-0.1, -0.05) is 68.4 Å². The van der Waals surface area contributed by atoms with Gasteiger partial charge in [0, 0.05) is 22.6 Å². The van der Waals surface area contributed by atoms with Gasteiger partial charge in [0.2, 0.25) is 8.32 Å². The fourth-order valence-electron chi connectivity index (χ4n) is 4.95. The van der Waals surface area contributed by atoms with Crippen molar-refractivity contribution in [3.8, 4) is 10.7 Å². The molecule has 2 rings (SSSR count). The molecular formula is C27H44N2O4S2Si. The first-order chi connectivity index (χ1) is 16.8. The van der Waals surface area contributed by atoms with Crippen molar-refractivity contribution >= 4 is 43.0 Å². The minimum absolute atomic E-state index is 0.0617. The zero-order chi connectivity index (χ0) is 27.2. The molecule has 0 aromatic carbocycles. The fourth-order valence-corrected chi connectivity index (χ4v) is 12.2. The van der Waals surface area contributed by atoms with Gasteiger partial charge in [0.05, 0.1) is 36.4 Å². The molecule has 0 spiro atoms. The molecule has 0 radical (unpaired) electrons. The number of carbonyl (C=O) groups excluding carboxylic acids is 1. The third-order valence-corrected chi connectivity index (χ3v) is 15.1. The molecule has 2 aromatic heterocycles. The topological polar surface area (TPSA) is 81.5 Å². The zero-order valence-electron chi connectivity index (χ0n) is 23.4. The molecule has 9 heteroatoms. The molecule has 0 aliphatic carbocycles. The van der Waals surface area contributed by atoms with E-state index in [9.17, 15) is 9.90 Å². The number of aliphatic hydroxyl groups is 1. The van der Waals surface area contributed by atoms with Gasteiger partial charge in [-0.15, -0.1) is 22.7 Å². The summed E-state index contributed by atoms with van der Waals surface area (Å²) in [5.41, 5.74) is 2.93. The minimum atomic E-state index is -2.25. The Hall–Kier alpha value is -1.39. The molecule has 202 valence electrons. The summed E-state index contributed by atoms with van der Waals surface area (Å²) in [4.78, 5) is 21.4. The number of rotatable bonds is 13. The number of esters is 1. The van der Waals surface area contributed by atoms with Crippen molar-refractivity contribution in [2.24, 2.45) is 5.92 Å². The number of ether oxygens (including phenoxy) is 1. The lowest BCUT2D eigenvalue weighted by molar-refractivity contribution is -0.143. The second-order valence-corrected chi connectivity index (χ2v) is 17.9. The fraction of sp³-hybridized carbons (Fsp3) is 0.667. The number of aliphatic hydroxyl groups excluding tert-OH is 1. The lowest BCUT2D eigenvalue weighted by Crippen LogP contribution is -2.52. The molecule has 0 saturated carbocycles. The maximum atomic E-state index is 11.9. The molecule has 0 aliphatic heterocycles. The van der Waals surface area contributed by atoms with Crippen LogP contribution in [0.4, 0.5) is 0 Å². The summed E-state index contributed by atoms with van der Waals surface area (Å²) < 4.78 is 11.9. The summed E-state index contributed by atoms with van der Waals surface area (Å²) in [6.07, 6.45) is 2.69. The quantitative estimate of drug-likeness (QED) is 0.204. The number of thiazole rings is 2. The lowest BCUT2D eigenvalue weighted by Gasteiger charge is -2.45. The van der Waals surface area contributed by atoms with Gasteiger partial charge >= 0.3 is 5.97 Å². The minimum Gasteiger partial charge on any atom is -0.469 e. The van der Waals surface area contributed by atoms with Crippen LogP contribution < -0.4 is 0 Å². The summed E-state index contributed by atoms with van der Waals surface area (Å²) >= 11 is 3.24. The maximum absolute atomic E-state index is 11.9. The van der Waals surface area contributed by atoms with Crippen LogP contribution in [0.2, 0.25) is 16.6 Å². The van der Waals surface area contributed by atoms with Gasteiger partial charge in [-0.2, -0.15) is 0 Å². The molecule has 0 bridgehead atoms. The zero-order valence-corrected chi connectivity index (χ0v) is 26.1. The number of methoxy groups -OCH3 is 1. The maximum Gasteiger partial charge on any atom is 0.308 e. The molecule has 2 aromatic rings. The number of aromatic nitrogens is 2. The second kappa shape index (κ2) is 13.4. The first-order valence-electron chi connectivity index (χ1n) is 12.9. The average molecular weight is 553 g/mol. The highest BCUT2D eigenvalue weighted by Gasteiger charge is 2.47. The number of hydrogen-bond acceptors (Lipinski definition) is 8. The summed E-state index contributed by atoms with van der Waals surface area (Å²) in [5.74, 6) is -0.328. The van der Waals surface area contributed by atoms with Crippen molar-refractivity contribution in [1.29, 1.82) is 0 Å². The van der Waals surface area contributed by atoms with E-state index in [2.05, 4.69) is 60.8 Å². The van der Waals surface area contributed by atoms with Crippen LogP contribution in [0.25, 0.3) is 16.8 Å². The monoisotopic (exact) mass is 552 g/mol. The van der Waals surface area contributed by atoms with E-state index < -0.39 is 20.4 Å². The Kier molecular flexibility index (Phi) is 11.5. The Labute approximate surface area is 226 Å². The molecular weight excluding hydrogens is 509 g/mol. The van der Waals surface area contributed by atoms with Crippen LogP contribution in [0.15, 0.2) is 16.8 Å². The largest absolute Gasteiger partial charge is 0.469 e. The molecule has 1 N–H and O–H groups in total. The average Bonchev–Trinajstić information content (AvgIpc) is 3.47. The number of carbonyl (C=O) groups is 1. The molecule has 0 fully saturated rings. The first kappa shape index (κ1) is 30.8. The molecule has 0 aliphatic rings. The van der Waals surface area contributed by atoms with Crippen molar-refractivity contribution in [1.82, 2.24) is 9.97 Å². The van der Waals surface area contributed by atoms with E-state index in [1.165, 1.54) is 7.11 Å². The van der Waals surface area contributed by atoms with E-state index in [1.807, 2.05) is 24.5 Å². The summed E-state index contributed by atoms with van der Waals surface area (Å²) in [6, 6.07) is 0. The highest BCUT2D eigenvalue weighted by molar-refractivity contribution is 7.14. The van der Waals surface area contributed by atoms with Crippen LogP contribution in [0.1, 0.15) is 85.4 Å². The van der Waals surface area contributed by atoms with Crippen LogP contribution in [0.5, 0.6) is 0 Å². The number of nitrogens with zero attached hydrogens (tertiary/aromatic N) is 2. The molecule has 6 nitrogen and oxygen atoms in total. The lowest BCUT2D eigenvalue weighted by atomic mass is 9.95. The van der Waals surface area contributed by atoms with Gasteiger partial charge in [-0.25, -0.2) is 9.97 Å². The molecule has 1 unspecified atom stereocenters. The van der Waals surface area contributed by atoms with E-state index in [-0.39, 0.29) is 18.4 Å². The predicted molar refractivity (Wildman–Crippen MR) is 154 cm³/mol. The van der Waals surface area contributed by atoms with Gasteiger partial charge in [-0.05, 0) is 22.7 Å². The van der Waals surface area contributed by atoms with Crippen LogP contribution in [0.3, 0.4) is 0 Å². The van der Waals surface area contributed by atoms with Crippen LogP contribution in [-0.4, -0.2) is 48.7 Å². The standard InChI is InChI=1S/C27H44N2O4S2Si/c1-16(2)26-29-22(15-35-26)27-28-21(14-34-27)11-12-24(20(9)23(30)13-25(31)32-10)33-36(17(3)4,18(5)6)19(7)8/h11-12,14-20,23-24,30H,13H2,1-10H3/b12-11+/t20-,23?,24-/m0/s1. The Morgan fingerprint density at radius 3 is 2.11 bits per heavy atom. The highest BCUT2D eigenvalue weighted by atomic mass is 32.1. The Morgan fingerprint density at radius 2 is 1.61 bits per heavy atom. The third kappa shape index (κ3) is 7.34. The number of hydrogen-bond donors (Lipinski definition) is 1. The van der Waals surface area contributed by atoms with Crippen molar-refractivity contribution in [3.05, 3.63) is 27.5 Å². The van der Waals surface area contributed by atoms with Crippen molar-refractivity contribution < 1.29 is 19.1 Å². The van der Waals surface area contributed by atoms with E-state index in [1.54, 1.807) is 22.7 Å². The van der Waals surface area contributed by atoms with Crippen LogP contribution in [-0.2, 0) is 14.0 Å². The van der Waals surface area contributed by atoms with Crippen molar-refractivity contribution in [2.75, 3.05) is 7.11 Å². The first-order valence-corrected chi connectivity index (χ1v) is 16.8. The van der Waals surface area contributed by atoms with E-state index in [4.69, 9.17) is 19.1 Å². The summed E-state index contributed by atoms with van der Waals surface area (Å²) in [7, 11) is -0.905. The van der Waals surface area contributed by atoms with Gasteiger partial charge < -0.3 is 14.3 Å². The molecule has 2 heterocycles. The SMILES string of the molecule is COC(=O)CC(O)[C@H](C)[C@H](/C=C/c1csc(-c2csc(C(C)C)n2)n1)O[Si](C(C)C)(C(C)C)C(C)C. The Balaban J connectivity index is 2.38. The summed E-state index contributed by atoms with van der Waals surface area (Å²) in [6.45, 7) is 19.7. The van der Waals surface area contributed by atoms with E-state index in [0.717, 1.165) is 21.4 Å². The van der Waals surface area contributed by atoms with Crippen molar-refractivity contribution in [2.45, 2.75) is 103 Å². The smallest absolute Gasteiger partial charge is 0.308 e. The van der Waals surface area contributed by atoms with Crippen LogP contribution in [0, 0.1) is 5.92 Å². The predicted octanol–water partition coefficient (Wildman–Crippen LogP) is 7.52. The van der Waals surface area contributed by atoms with Gasteiger partial charge in [0.15, 0.2) is 0 Å². The third-order valence-electron chi connectivity index (χ3n) is 6.99. The van der Waals surface area contributed by atoms with E-state index >= 15 is 0 Å². The second-order valence-electron chi connectivity index (χ2n) is 10.8. The van der Waals surface area contributed by atoms with Gasteiger partial charge in [0.25, 0.3) is 0 Å². The summed E-state index contributed by atoms with van der Waals surface area (Å²) in [5, 5.41) is 17.0. The normalized spacial score (nSPS) is 15.4. The highest BCUT2D eigenvalue weighted by Crippen LogP contribution is 2.44. The molecule has 3 atom stereocenters. The molecule has 0 amide bonds. The van der Waals surface area contributed by atoms with Crippen molar-refractivity contribution in [3.63, 3.8) is 0 Å². The van der Waals surface area contributed by atoms with Crippen LogP contribution >= 0.6 is 22.7 Å². The molecule has 36 heavy (non-hydrogen) atoms. The van der Waals surface area contributed by atoms with Gasteiger partial charge in [-0.3, -0.25) is 4.79 Å².